The Balaban J connectivity index is 2.61. The molecule has 14 heavy (non-hydrogen) atoms. The number of nitrogens with two attached hydrogens (primary N) is 1. The Morgan fingerprint density at radius 3 is 2.36 bits per heavy atom. The average Bonchev–Trinajstić information content (AvgIpc) is 2.15. The van der Waals surface area contributed by atoms with Gasteiger partial charge in [0, 0.05) is 12.1 Å². The van der Waals surface area contributed by atoms with Crippen LogP contribution >= 0.6 is 0 Å². The molecule has 0 unspecified atom stereocenters. The Bertz CT molecular complexity index is 346. The molecular weight excluding hydrogens is 183 g/mol. The lowest BCUT2D eigenvalue weighted by atomic mass is 10.1. The summed E-state index contributed by atoms with van der Waals surface area (Å²) >= 11 is 0. The van der Waals surface area contributed by atoms with E-state index in [9.17, 15) is 9.18 Å². The summed E-state index contributed by atoms with van der Waals surface area (Å²) in [4.78, 5) is 10.5. The number of carbonyl (C=O) groups excluding carboxylic acids is 1. The van der Waals surface area contributed by atoms with Gasteiger partial charge in [0.05, 0.1) is 0 Å². The largest absolute Gasteiger partial charge is 0.370 e. The van der Waals surface area contributed by atoms with E-state index in [1.165, 1.54) is 24.3 Å². The van der Waals surface area contributed by atoms with Crippen LogP contribution in [0.4, 0.5) is 4.39 Å². The van der Waals surface area contributed by atoms with Crippen molar-refractivity contribution >= 4 is 11.6 Å². The SMILES string of the molecule is N=C(CCC(N)=O)c1ccc(F)cc1. The van der Waals surface area contributed by atoms with E-state index in [1.807, 2.05) is 0 Å². The van der Waals surface area contributed by atoms with Gasteiger partial charge in [-0.25, -0.2) is 4.39 Å². The summed E-state index contributed by atoms with van der Waals surface area (Å²) in [5.74, 6) is -0.770. The van der Waals surface area contributed by atoms with Crippen LogP contribution in [0.5, 0.6) is 0 Å². The molecule has 0 heterocycles. The maximum Gasteiger partial charge on any atom is 0.217 e. The van der Waals surface area contributed by atoms with Gasteiger partial charge in [-0.15, -0.1) is 0 Å². The summed E-state index contributed by atoms with van der Waals surface area (Å²) in [6.07, 6.45) is 0.442. The van der Waals surface area contributed by atoms with Gasteiger partial charge in [-0.05, 0) is 24.1 Å². The lowest BCUT2D eigenvalue weighted by Crippen LogP contribution is -2.12. The fourth-order valence-corrected chi connectivity index (χ4v) is 1.04. The minimum atomic E-state index is -0.433. The molecule has 74 valence electrons. The second-order valence-electron chi connectivity index (χ2n) is 2.95. The molecule has 0 atom stereocenters. The number of nitrogens with one attached hydrogen (secondary N) is 1. The van der Waals surface area contributed by atoms with Gasteiger partial charge in [-0.1, -0.05) is 12.1 Å². The van der Waals surface area contributed by atoms with Gasteiger partial charge in [0.2, 0.25) is 5.91 Å². The average molecular weight is 194 g/mol. The van der Waals surface area contributed by atoms with E-state index in [4.69, 9.17) is 11.1 Å². The molecule has 0 aliphatic heterocycles. The number of rotatable bonds is 4. The molecule has 0 saturated heterocycles. The Hall–Kier alpha value is -1.71. The molecule has 0 aliphatic carbocycles. The second-order valence-corrected chi connectivity index (χ2v) is 2.95. The third kappa shape index (κ3) is 2.97. The van der Waals surface area contributed by atoms with Gasteiger partial charge < -0.3 is 11.1 Å². The van der Waals surface area contributed by atoms with Crippen molar-refractivity contribution in [1.29, 1.82) is 5.41 Å². The van der Waals surface area contributed by atoms with Crippen LogP contribution in [0.1, 0.15) is 18.4 Å². The van der Waals surface area contributed by atoms with Gasteiger partial charge in [-0.3, -0.25) is 4.79 Å². The predicted molar refractivity (Wildman–Crippen MR) is 51.7 cm³/mol. The maximum absolute atomic E-state index is 12.5. The fraction of sp³-hybridized carbons (Fsp3) is 0.200. The van der Waals surface area contributed by atoms with E-state index in [0.717, 1.165) is 0 Å². The normalized spacial score (nSPS) is 9.79. The van der Waals surface area contributed by atoms with Crippen LogP contribution in [0.25, 0.3) is 0 Å². The van der Waals surface area contributed by atoms with Crippen molar-refractivity contribution in [2.75, 3.05) is 0 Å². The van der Waals surface area contributed by atoms with Crippen molar-refractivity contribution in [3.63, 3.8) is 0 Å². The Kier molecular flexibility index (Phi) is 3.34. The van der Waals surface area contributed by atoms with Crippen LogP contribution in [0.2, 0.25) is 0 Å². The Morgan fingerprint density at radius 2 is 1.86 bits per heavy atom. The van der Waals surface area contributed by atoms with Gasteiger partial charge in [0.25, 0.3) is 0 Å². The van der Waals surface area contributed by atoms with Crippen molar-refractivity contribution < 1.29 is 9.18 Å². The lowest BCUT2D eigenvalue weighted by Gasteiger charge is -2.01. The number of hydrogen-bond acceptors (Lipinski definition) is 2. The second kappa shape index (κ2) is 4.50. The number of primary amides is 1. The molecule has 1 rings (SSSR count). The maximum atomic E-state index is 12.5. The van der Waals surface area contributed by atoms with E-state index in [-0.39, 0.29) is 12.2 Å². The molecule has 1 aromatic carbocycles. The number of amides is 1. The van der Waals surface area contributed by atoms with Crippen molar-refractivity contribution in [2.24, 2.45) is 5.73 Å². The fourth-order valence-electron chi connectivity index (χ4n) is 1.04. The first-order valence-electron chi connectivity index (χ1n) is 4.21. The monoisotopic (exact) mass is 194 g/mol. The molecule has 0 aromatic heterocycles. The van der Waals surface area contributed by atoms with E-state index in [1.54, 1.807) is 0 Å². The third-order valence-corrected chi connectivity index (χ3v) is 1.81. The summed E-state index contributed by atoms with van der Waals surface area (Å²) in [5, 5.41) is 7.56. The molecule has 0 aliphatic rings. The smallest absolute Gasteiger partial charge is 0.217 e. The quantitative estimate of drug-likeness (QED) is 0.700. The number of benzene rings is 1. The van der Waals surface area contributed by atoms with E-state index in [2.05, 4.69) is 0 Å². The predicted octanol–water partition coefficient (Wildman–Crippen LogP) is 1.46. The van der Waals surface area contributed by atoms with Crippen molar-refractivity contribution in [2.45, 2.75) is 12.8 Å². The van der Waals surface area contributed by atoms with Crippen LogP contribution in [0, 0.1) is 11.2 Å². The zero-order chi connectivity index (χ0) is 10.6. The number of carbonyl (C=O) groups is 1. The molecule has 1 amide bonds. The highest BCUT2D eigenvalue weighted by Crippen LogP contribution is 2.06. The van der Waals surface area contributed by atoms with Gasteiger partial charge in [0.1, 0.15) is 5.82 Å². The zero-order valence-electron chi connectivity index (χ0n) is 7.59. The molecule has 0 radical (unpaired) electrons. The summed E-state index contributed by atoms with van der Waals surface area (Å²) in [7, 11) is 0. The van der Waals surface area contributed by atoms with Crippen molar-refractivity contribution in [3.8, 4) is 0 Å². The zero-order valence-corrected chi connectivity index (χ0v) is 7.59. The molecule has 4 heteroatoms. The molecule has 3 nitrogen and oxygen atoms in total. The van der Waals surface area contributed by atoms with Crippen LogP contribution in [0.15, 0.2) is 24.3 Å². The lowest BCUT2D eigenvalue weighted by molar-refractivity contribution is -0.117. The minimum absolute atomic E-state index is 0.149. The first-order chi connectivity index (χ1) is 6.59. The standard InChI is InChI=1S/C10H11FN2O/c11-8-3-1-7(2-4-8)9(12)5-6-10(13)14/h1-4,12H,5-6H2,(H2,13,14). The van der Waals surface area contributed by atoms with Crippen LogP contribution in [-0.4, -0.2) is 11.6 Å². The van der Waals surface area contributed by atoms with Gasteiger partial charge in [-0.2, -0.15) is 0 Å². The van der Waals surface area contributed by atoms with E-state index in [0.29, 0.717) is 17.7 Å². The Morgan fingerprint density at radius 1 is 1.29 bits per heavy atom. The van der Waals surface area contributed by atoms with Gasteiger partial charge >= 0.3 is 0 Å². The topological polar surface area (TPSA) is 66.9 Å². The molecule has 0 fully saturated rings. The molecular formula is C10H11FN2O. The summed E-state index contributed by atoms with van der Waals surface area (Å²) in [5.41, 5.74) is 5.86. The highest BCUT2D eigenvalue weighted by atomic mass is 19.1. The molecule has 0 saturated carbocycles. The van der Waals surface area contributed by atoms with E-state index < -0.39 is 5.91 Å². The summed E-state index contributed by atoms with van der Waals surface area (Å²) < 4.78 is 12.5. The van der Waals surface area contributed by atoms with Gasteiger partial charge in [0.15, 0.2) is 0 Å². The molecule has 1 aromatic rings. The van der Waals surface area contributed by atoms with Crippen LogP contribution in [-0.2, 0) is 4.79 Å². The van der Waals surface area contributed by atoms with Crippen molar-refractivity contribution in [1.82, 2.24) is 0 Å². The number of hydrogen-bond donors (Lipinski definition) is 2. The first-order valence-corrected chi connectivity index (χ1v) is 4.21. The Labute approximate surface area is 81.2 Å². The number of halogens is 1. The van der Waals surface area contributed by atoms with E-state index >= 15 is 0 Å². The minimum Gasteiger partial charge on any atom is -0.370 e. The molecule has 3 N–H and O–H groups in total. The third-order valence-electron chi connectivity index (χ3n) is 1.81. The highest BCUT2D eigenvalue weighted by molar-refractivity contribution is 5.99. The van der Waals surface area contributed by atoms with Crippen LogP contribution < -0.4 is 5.73 Å². The van der Waals surface area contributed by atoms with Crippen LogP contribution in [0.3, 0.4) is 0 Å². The highest BCUT2D eigenvalue weighted by Gasteiger charge is 2.03. The first kappa shape index (κ1) is 10.4. The molecule has 0 spiro atoms. The molecule has 0 bridgehead atoms. The summed E-state index contributed by atoms with van der Waals surface area (Å²) in [6.45, 7) is 0. The summed E-state index contributed by atoms with van der Waals surface area (Å²) in [6, 6.07) is 5.60. The van der Waals surface area contributed by atoms with Crippen molar-refractivity contribution in [3.05, 3.63) is 35.6 Å².